The zero-order valence-corrected chi connectivity index (χ0v) is 15.6. The van der Waals surface area contributed by atoms with Gasteiger partial charge < -0.3 is 15.0 Å². The van der Waals surface area contributed by atoms with Crippen LogP contribution >= 0.6 is 0 Å². The van der Waals surface area contributed by atoms with Gasteiger partial charge in [-0.2, -0.15) is 0 Å². The van der Waals surface area contributed by atoms with Gasteiger partial charge in [0.2, 0.25) is 0 Å². The van der Waals surface area contributed by atoms with Crippen LogP contribution in [0.4, 0.5) is 5.69 Å². The molecule has 0 fully saturated rings. The van der Waals surface area contributed by atoms with Gasteiger partial charge in [0.15, 0.2) is 6.29 Å². The average Bonchev–Trinajstić information content (AvgIpc) is 2.85. The van der Waals surface area contributed by atoms with E-state index in [1.54, 1.807) is 6.20 Å². The van der Waals surface area contributed by atoms with Crippen LogP contribution in [0, 0.1) is 0 Å². The Morgan fingerprint density at radius 3 is 2.88 bits per heavy atom. The third kappa shape index (κ3) is 5.34. The van der Waals surface area contributed by atoms with E-state index in [4.69, 9.17) is 4.74 Å². The summed E-state index contributed by atoms with van der Waals surface area (Å²) in [6.07, 6.45) is 11.8. The lowest BCUT2D eigenvalue weighted by atomic mass is 10.0. The Balaban J connectivity index is 2.17. The van der Waals surface area contributed by atoms with Crippen LogP contribution in [-0.4, -0.2) is 24.4 Å². The van der Waals surface area contributed by atoms with Crippen molar-refractivity contribution < 1.29 is 9.53 Å². The van der Waals surface area contributed by atoms with Crippen molar-refractivity contribution in [3.05, 3.63) is 69.4 Å². The van der Waals surface area contributed by atoms with Gasteiger partial charge in [0.1, 0.15) is 18.1 Å². The molecule has 0 saturated heterocycles. The monoisotopic (exact) mass is 354 g/mol. The summed E-state index contributed by atoms with van der Waals surface area (Å²) in [5.74, 6) is 0.736. The number of aromatic amines is 1. The molecule has 0 amide bonds. The number of carbonyl (C=O) groups excluding carboxylic acids is 1. The third-order valence-corrected chi connectivity index (χ3v) is 4.14. The van der Waals surface area contributed by atoms with Gasteiger partial charge in [0, 0.05) is 19.2 Å². The van der Waals surface area contributed by atoms with Crippen molar-refractivity contribution in [1.29, 1.82) is 0 Å². The summed E-state index contributed by atoms with van der Waals surface area (Å²) in [6, 6.07) is 1.89. The van der Waals surface area contributed by atoms with Crippen molar-refractivity contribution in [2.45, 2.75) is 33.6 Å². The molecule has 1 aromatic rings. The molecule has 0 aromatic carbocycles. The number of allylic oxidation sites excluding steroid dienone is 5. The van der Waals surface area contributed by atoms with Crippen molar-refractivity contribution in [3.8, 4) is 0 Å². The second-order valence-corrected chi connectivity index (χ2v) is 6.28. The fourth-order valence-corrected chi connectivity index (χ4v) is 2.87. The summed E-state index contributed by atoms with van der Waals surface area (Å²) in [6.45, 7) is 6.79. The van der Waals surface area contributed by atoms with E-state index in [2.05, 4.69) is 31.1 Å². The number of nitrogens with one attached hydrogen (secondary N) is 2. The van der Waals surface area contributed by atoms with Gasteiger partial charge in [0.05, 0.1) is 0 Å². The van der Waals surface area contributed by atoms with E-state index in [1.807, 2.05) is 30.4 Å². The number of pyridine rings is 1. The summed E-state index contributed by atoms with van der Waals surface area (Å²) >= 11 is 0. The number of aromatic nitrogens is 1. The molecule has 2 N–H and O–H groups in total. The lowest BCUT2D eigenvalue weighted by molar-refractivity contribution is -0.110. The minimum atomic E-state index is -0.149. The Bertz CT molecular complexity index is 822. The third-order valence-electron chi connectivity index (χ3n) is 4.14. The molecular weight excluding hydrogens is 328 g/mol. The average molecular weight is 354 g/mol. The van der Waals surface area contributed by atoms with E-state index < -0.39 is 0 Å². The highest BCUT2D eigenvalue weighted by molar-refractivity contribution is 5.69. The highest BCUT2D eigenvalue weighted by Crippen LogP contribution is 2.22. The van der Waals surface area contributed by atoms with E-state index in [0.29, 0.717) is 18.7 Å². The molecule has 1 aliphatic carbocycles. The van der Waals surface area contributed by atoms with Crippen molar-refractivity contribution in [3.63, 3.8) is 0 Å². The maximum Gasteiger partial charge on any atom is 0.271 e. The fraction of sp³-hybridized carbons (Fsp3) is 0.333. The van der Waals surface area contributed by atoms with Crippen molar-refractivity contribution in [1.82, 2.24) is 4.98 Å². The molecule has 26 heavy (non-hydrogen) atoms. The van der Waals surface area contributed by atoms with E-state index in [0.717, 1.165) is 29.6 Å². The number of hydrogen-bond acceptors (Lipinski definition) is 4. The van der Waals surface area contributed by atoms with Gasteiger partial charge in [0.25, 0.3) is 5.56 Å². The number of ether oxygens (including phenoxy) is 1. The van der Waals surface area contributed by atoms with E-state index in [-0.39, 0.29) is 12.2 Å². The molecule has 0 aliphatic heterocycles. The summed E-state index contributed by atoms with van der Waals surface area (Å²) in [5.41, 5.74) is 4.85. The first kappa shape index (κ1) is 19.5. The maximum atomic E-state index is 12.2. The first-order chi connectivity index (χ1) is 12.5. The van der Waals surface area contributed by atoms with Gasteiger partial charge in [-0.25, -0.2) is 0 Å². The summed E-state index contributed by atoms with van der Waals surface area (Å²) in [5, 5.41) is 3.21. The van der Waals surface area contributed by atoms with E-state index in [1.165, 1.54) is 11.1 Å². The minimum absolute atomic E-state index is 0.0462. The molecule has 138 valence electrons. The Kier molecular flexibility index (Phi) is 7.21. The van der Waals surface area contributed by atoms with Crippen LogP contribution in [0.15, 0.2) is 58.3 Å². The molecular formula is C21H26N2O3. The van der Waals surface area contributed by atoms with Crippen LogP contribution < -0.4 is 10.9 Å². The molecule has 0 spiro atoms. The zero-order chi connectivity index (χ0) is 18.9. The van der Waals surface area contributed by atoms with Gasteiger partial charge in [-0.15, -0.1) is 0 Å². The molecule has 0 radical (unpaired) electrons. The highest BCUT2D eigenvalue weighted by atomic mass is 16.5. The Morgan fingerprint density at radius 1 is 1.38 bits per heavy atom. The zero-order valence-electron chi connectivity index (χ0n) is 15.6. The number of H-pyrrole nitrogens is 1. The molecule has 1 aromatic heterocycles. The smallest absolute Gasteiger partial charge is 0.271 e. The highest BCUT2D eigenvalue weighted by Gasteiger charge is 2.08. The molecule has 2 rings (SSSR count). The summed E-state index contributed by atoms with van der Waals surface area (Å²) in [7, 11) is 0. The lowest BCUT2D eigenvalue weighted by Gasteiger charge is -2.12. The molecule has 1 aliphatic rings. The van der Waals surface area contributed by atoms with Crippen LogP contribution in [0.25, 0.3) is 5.57 Å². The first-order valence-corrected chi connectivity index (χ1v) is 8.81. The molecule has 0 saturated carbocycles. The number of aldehydes is 1. The predicted octanol–water partition coefficient (Wildman–Crippen LogP) is 3.98. The number of hydrogen-bond donors (Lipinski definition) is 2. The van der Waals surface area contributed by atoms with Gasteiger partial charge in [-0.05, 0) is 49.1 Å². The minimum Gasteiger partial charge on any atom is -0.490 e. The molecule has 0 atom stereocenters. The van der Waals surface area contributed by atoms with Crippen LogP contribution in [0.1, 0.15) is 39.2 Å². The summed E-state index contributed by atoms with van der Waals surface area (Å²) < 4.78 is 5.41. The first-order valence-electron chi connectivity index (χ1n) is 8.81. The predicted molar refractivity (Wildman–Crippen MR) is 106 cm³/mol. The Hall–Kier alpha value is -2.82. The number of anilines is 1. The van der Waals surface area contributed by atoms with Crippen LogP contribution in [0.2, 0.25) is 0 Å². The van der Waals surface area contributed by atoms with Crippen molar-refractivity contribution in [2.75, 3.05) is 18.5 Å². The van der Waals surface area contributed by atoms with Crippen LogP contribution in [0.5, 0.6) is 0 Å². The van der Waals surface area contributed by atoms with Crippen LogP contribution in [-0.2, 0) is 9.53 Å². The van der Waals surface area contributed by atoms with E-state index in [9.17, 15) is 9.59 Å². The largest absolute Gasteiger partial charge is 0.490 e. The van der Waals surface area contributed by atoms with Crippen LogP contribution in [0.3, 0.4) is 0 Å². The molecule has 1 heterocycles. The Labute approximate surface area is 154 Å². The second kappa shape index (κ2) is 9.61. The van der Waals surface area contributed by atoms with Gasteiger partial charge >= 0.3 is 0 Å². The molecule has 5 heteroatoms. The van der Waals surface area contributed by atoms with E-state index >= 15 is 0 Å². The molecule has 5 nitrogen and oxygen atoms in total. The quantitative estimate of drug-likeness (QED) is 0.693. The fourth-order valence-electron chi connectivity index (χ4n) is 2.87. The Morgan fingerprint density at radius 2 is 2.19 bits per heavy atom. The number of carbonyl (C=O) groups is 1. The number of rotatable bonds is 8. The van der Waals surface area contributed by atoms with Gasteiger partial charge in [-0.3, -0.25) is 9.59 Å². The second-order valence-electron chi connectivity index (χ2n) is 6.28. The maximum absolute atomic E-state index is 12.2. The van der Waals surface area contributed by atoms with Crippen molar-refractivity contribution in [2.24, 2.45) is 0 Å². The molecule has 0 unspecified atom stereocenters. The normalized spacial score (nSPS) is 13.3. The lowest BCUT2D eigenvalue weighted by Crippen LogP contribution is -2.16. The van der Waals surface area contributed by atoms with Gasteiger partial charge in [-0.1, -0.05) is 30.7 Å². The SMILES string of the molecule is CCC(=C(C)C)c1c[nH]c(=O)c(NCC2=CC=CCC(OCC=O)=C2)c1. The summed E-state index contributed by atoms with van der Waals surface area (Å²) in [4.78, 5) is 25.4. The topological polar surface area (TPSA) is 71.2 Å². The van der Waals surface area contributed by atoms with Crippen molar-refractivity contribution >= 4 is 17.5 Å². The molecule has 0 bridgehead atoms. The standard InChI is InChI=1S/C21H26N2O3/c1-4-19(15(2)3)17-12-20(21(25)23-14-17)22-13-16-7-5-6-8-18(11-16)26-10-9-24/h5-7,9,11-12,14,22H,4,8,10,13H2,1-3H3,(H,23,25).